The van der Waals surface area contributed by atoms with Gasteiger partial charge in [0.25, 0.3) is 0 Å². The Labute approximate surface area is 139 Å². The fourth-order valence-corrected chi connectivity index (χ4v) is 3.55. The van der Waals surface area contributed by atoms with Crippen molar-refractivity contribution in [3.8, 4) is 0 Å². The molecule has 132 valence electrons. The lowest BCUT2D eigenvalue weighted by Crippen LogP contribution is -2.55. The molecule has 2 rings (SSSR count). The highest BCUT2D eigenvalue weighted by Crippen LogP contribution is 2.30. The van der Waals surface area contributed by atoms with Crippen LogP contribution < -0.4 is 11.1 Å². The van der Waals surface area contributed by atoms with E-state index in [1.165, 1.54) is 0 Å². The monoisotopic (exact) mass is 325 g/mol. The van der Waals surface area contributed by atoms with E-state index in [2.05, 4.69) is 5.32 Å². The Balaban J connectivity index is 1.69. The van der Waals surface area contributed by atoms with Gasteiger partial charge in [0.15, 0.2) is 0 Å². The van der Waals surface area contributed by atoms with Crippen molar-refractivity contribution in [2.24, 2.45) is 11.7 Å². The number of likely N-dealkylation sites (tertiary alicyclic amines) is 1. The van der Waals surface area contributed by atoms with Gasteiger partial charge in [0.05, 0.1) is 5.54 Å². The lowest BCUT2D eigenvalue weighted by Gasteiger charge is -2.36. The third kappa shape index (κ3) is 4.91. The van der Waals surface area contributed by atoms with E-state index < -0.39 is 5.54 Å². The highest BCUT2D eigenvalue weighted by atomic mass is 16.5. The van der Waals surface area contributed by atoms with Crippen molar-refractivity contribution < 1.29 is 14.3 Å². The minimum atomic E-state index is -0.644. The SMILES string of the molecule is CCOCCCNC(=O)C1CCN(C(=O)C2(N)CCCC2)CC1. The number of nitrogens with two attached hydrogens (primary N) is 1. The van der Waals surface area contributed by atoms with Crippen LogP contribution in [-0.2, 0) is 14.3 Å². The van der Waals surface area contributed by atoms with Crippen LogP contribution in [0.15, 0.2) is 0 Å². The molecule has 0 aromatic rings. The van der Waals surface area contributed by atoms with Crippen LogP contribution in [0.5, 0.6) is 0 Å². The van der Waals surface area contributed by atoms with Crippen molar-refractivity contribution in [1.82, 2.24) is 10.2 Å². The molecule has 0 unspecified atom stereocenters. The second kappa shape index (κ2) is 8.64. The molecule has 0 atom stereocenters. The third-order valence-corrected chi connectivity index (χ3v) is 5.04. The average molecular weight is 325 g/mol. The van der Waals surface area contributed by atoms with E-state index in [4.69, 9.17) is 10.5 Å². The second-order valence-corrected chi connectivity index (χ2v) is 6.77. The van der Waals surface area contributed by atoms with Gasteiger partial charge >= 0.3 is 0 Å². The Morgan fingerprint density at radius 1 is 1.26 bits per heavy atom. The lowest BCUT2D eigenvalue weighted by molar-refractivity contribution is -0.140. The minimum absolute atomic E-state index is 0.0171. The first-order chi connectivity index (χ1) is 11.1. The number of hydrogen-bond acceptors (Lipinski definition) is 4. The van der Waals surface area contributed by atoms with E-state index in [1.54, 1.807) is 0 Å². The van der Waals surface area contributed by atoms with E-state index in [9.17, 15) is 9.59 Å². The number of rotatable bonds is 7. The van der Waals surface area contributed by atoms with Gasteiger partial charge in [-0.1, -0.05) is 12.8 Å². The predicted molar refractivity (Wildman–Crippen MR) is 88.8 cm³/mol. The summed E-state index contributed by atoms with van der Waals surface area (Å²) in [6, 6.07) is 0. The molecule has 2 aliphatic rings. The molecule has 0 bridgehead atoms. The molecule has 1 heterocycles. The maximum absolute atomic E-state index is 12.6. The molecule has 1 aliphatic carbocycles. The lowest BCUT2D eigenvalue weighted by atomic mass is 9.92. The number of carbonyl (C=O) groups is 2. The van der Waals surface area contributed by atoms with E-state index in [1.807, 2.05) is 11.8 Å². The molecule has 6 nitrogen and oxygen atoms in total. The Morgan fingerprint density at radius 3 is 2.52 bits per heavy atom. The Bertz CT molecular complexity index is 400. The summed E-state index contributed by atoms with van der Waals surface area (Å²) < 4.78 is 5.25. The number of nitrogens with one attached hydrogen (secondary N) is 1. The molecule has 0 radical (unpaired) electrons. The summed E-state index contributed by atoms with van der Waals surface area (Å²) in [5, 5.41) is 2.97. The Morgan fingerprint density at radius 2 is 1.91 bits per heavy atom. The largest absolute Gasteiger partial charge is 0.382 e. The first-order valence-corrected chi connectivity index (χ1v) is 9.00. The molecule has 23 heavy (non-hydrogen) atoms. The molecule has 2 amide bonds. The minimum Gasteiger partial charge on any atom is -0.382 e. The van der Waals surface area contributed by atoms with Gasteiger partial charge in [-0.2, -0.15) is 0 Å². The van der Waals surface area contributed by atoms with Crippen molar-refractivity contribution >= 4 is 11.8 Å². The van der Waals surface area contributed by atoms with Crippen molar-refractivity contribution in [2.75, 3.05) is 32.8 Å². The summed E-state index contributed by atoms with van der Waals surface area (Å²) >= 11 is 0. The summed E-state index contributed by atoms with van der Waals surface area (Å²) in [4.78, 5) is 26.6. The van der Waals surface area contributed by atoms with Crippen LogP contribution in [-0.4, -0.2) is 55.1 Å². The Kier molecular flexibility index (Phi) is 6.84. The quantitative estimate of drug-likeness (QED) is 0.685. The summed E-state index contributed by atoms with van der Waals surface area (Å²) in [6.07, 6.45) is 5.99. The highest BCUT2D eigenvalue weighted by molar-refractivity contribution is 5.87. The molecule has 0 spiro atoms. The van der Waals surface area contributed by atoms with Gasteiger partial charge in [-0.25, -0.2) is 0 Å². The molecule has 0 aromatic carbocycles. The van der Waals surface area contributed by atoms with Crippen LogP contribution in [0.2, 0.25) is 0 Å². The molecule has 0 aromatic heterocycles. The number of ether oxygens (including phenoxy) is 1. The topological polar surface area (TPSA) is 84.7 Å². The van der Waals surface area contributed by atoms with E-state index in [-0.39, 0.29) is 17.7 Å². The van der Waals surface area contributed by atoms with Crippen LogP contribution in [0.1, 0.15) is 51.9 Å². The molecular weight excluding hydrogens is 294 g/mol. The maximum Gasteiger partial charge on any atom is 0.242 e. The number of amides is 2. The average Bonchev–Trinajstić information content (AvgIpc) is 3.02. The van der Waals surface area contributed by atoms with Crippen LogP contribution in [0.4, 0.5) is 0 Å². The molecule has 1 saturated heterocycles. The number of piperidine rings is 1. The number of carbonyl (C=O) groups excluding carboxylic acids is 2. The molecular formula is C17H31N3O3. The second-order valence-electron chi connectivity index (χ2n) is 6.77. The predicted octanol–water partition coefficient (Wildman–Crippen LogP) is 1.04. The van der Waals surface area contributed by atoms with E-state index >= 15 is 0 Å². The molecule has 1 saturated carbocycles. The van der Waals surface area contributed by atoms with Gasteiger partial charge < -0.3 is 20.7 Å². The zero-order valence-electron chi connectivity index (χ0n) is 14.3. The van der Waals surface area contributed by atoms with Gasteiger partial charge in [-0.3, -0.25) is 9.59 Å². The van der Waals surface area contributed by atoms with Gasteiger partial charge in [-0.05, 0) is 39.0 Å². The summed E-state index contributed by atoms with van der Waals surface area (Å²) in [7, 11) is 0. The van der Waals surface area contributed by atoms with Crippen molar-refractivity contribution in [3.05, 3.63) is 0 Å². The number of nitrogens with zero attached hydrogens (tertiary/aromatic N) is 1. The van der Waals surface area contributed by atoms with Gasteiger partial charge in [-0.15, -0.1) is 0 Å². The first-order valence-electron chi connectivity index (χ1n) is 9.00. The third-order valence-electron chi connectivity index (χ3n) is 5.04. The van der Waals surface area contributed by atoms with Gasteiger partial charge in [0.2, 0.25) is 11.8 Å². The standard InChI is InChI=1S/C17H31N3O3/c1-2-23-13-5-10-19-15(21)14-6-11-20(12-7-14)16(22)17(18)8-3-4-9-17/h14H,2-13,18H2,1H3,(H,19,21). The van der Waals surface area contributed by atoms with Gasteiger partial charge in [0, 0.05) is 38.8 Å². The molecule has 1 aliphatic heterocycles. The van der Waals surface area contributed by atoms with Crippen LogP contribution >= 0.6 is 0 Å². The summed E-state index contributed by atoms with van der Waals surface area (Å²) in [5.41, 5.74) is 5.61. The zero-order valence-corrected chi connectivity index (χ0v) is 14.3. The molecule has 3 N–H and O–H groups in total. The van der Waals surface area contributed by atoms with Crippen LogP contribution in [0, 0.1) is 5.92 Å². The van der Waals surface area contributed by atoms with E-state index in [0.29, 0.717) is 32.8 Å². The first kappa shape index (κ1) is 18.2. The summed E-state index contributed by atoms with van der Waals surface area (Å²) in [6.45, 7) is 5.31. The van der Waals surface area contributed by atoms with Crippen LogP contribution in [0.25, 0.3) is 0 Å². The fraction of sp³-hybridized carbons (Fsp3) is 0.882. The smallest absolute Gasteiger partial charge is 0.242 e. The number of hydrogen-bond donors (Lipinski definition) is 2. The highest BCUT2D eigenvalue weighted by Gasteiger charge is 2.41. The van der Waals surface area contributed by atoms with Crippen molar-refractivity contribution in [2.45, 2.75) is 57.4 Å². The summed E-state index contributed by atoms with van der Waals surface area (Å²) in [5.74, 6) is 0.214. The van der Waals surface area contributed by atoms with Gasteiger partial charge in [0.1, 0.15) is 0 Å². The van der Waals surface area contributed by atoms with Crippen molar-refractivity contribution in [3.63, 3.8) is 0 Å². The fourth-order valence-electron chi connectivity index (χ4n) is 3.55. The molecule has 6 heteroatoms. The molecule has 2 fully saturated rings. The normalized spacial score (nSPS) is 21.4. The van der Waals surface area contributed by atoms with Crippen molar-refractivity contribution in [1.29, 1.82) is 0 Å². The van der Waals surface area contributed by atoms with E-state index in [0.717, 1.165) is 44.9 Å². The maximum atomic E-state index is 12.6. The van der Waals surface area contributed by atoms with Crippen LogP contribution in [0.3, 0.4) is 0 Å². The zero-order chi connectivity index (χ0) is 16.7. The Hall–Kier alpha value is -1.14.